The van der Waals surface area contributed by atoms with E-state index in [4.69, 9.17) is 4.74 Å². The minimum absolute atomic E-state index is 0.00847. The van der Waals surface area contributed by atoms with Gasteiger partial charge in [0.05, 0.1) is 31.3 Å². The number of nitrogens with one attached hydrogen (secondary N) is 1. The summed E-state index contributed by atoms with van der Waals surface area (Å²) in [6.07, 6.45) is -2.87. The maximum atomic E-state index is 15.3. The van der Waals surface area contributed by atoms with Crippen LogP contribution in [0.3, 0.4) is 0 Å². The maximum absolute atomic E-state index is 15.3. The number of piperazine rings is 1. The normalized spacial score (nSPS) is 27.2. The molecule has 0 aromatic carbocycles. The van der Waals surface area contributed by atoms with E-state index in [2.05, 4.69) is 5.32 Å². The lowest BCUT2D eigenvalue weighted by Gasteiger charge is -2.41. The number of hydrogen-bond acceptors (Lipinski definition) is 15. The van der Waals surface area contributed by atoms with E-state index in [0.717, 1.165) is 14.7 Å². The molecule has 27 heteroatoms. The van der Waals surface area contributed by atoms with Crippen LogP contribution in [0.2, 0.25) is 0 Å². The molecule has 2 saturated heterocycles. The lowest BCUT2D eigenvalue weighted by Crippen LogP contribution is -2.63. The molecule has 0 aliphatic carbocycles. The van der Waals surface area contributed by atoms with E-state index in [1.165, 1.54) is 85.7 Å². The third-order valence-electron chi connectivity index (χ3n) is 20.0. The number of aliphatic hydroxyl groups is 1. The van der Waals surface area contributed by atoms with Gasteiger partial charge in [0.1, 0.15) is 48.6 Å². The Hall–Kier alpha value is -6.35. The van der Waals surface area contributed by atoms with Crippen LogP contribution in [-0.2, 0) is 62.3 Å². The Bertz CT molecular complexity index is 2810. The standard InChI is InChI=1S/C73H125F3N10O14/c1-25-27-28-47(13)64(91)63-65(92)77-53(26-2)69(96)78(18)51(17)67(94)83(23)62(50(16)39-100-40-60(90)86-31-29-85(30-32-86)41-73(74,75)76)59(89)38-52(45(9)10)68(95)79(19)54(33-42(3)4)58(88)36-48(14)57(87)37-49(15)66(93)80(20)55(34-43(5)6)70(97)81(21)56(35-44(7)8)71(98)82(22)61(46(11)12)72(99)84(63)24/h25,27,42-56,61-64,91H,26,28-41H2,1-24H3,(H,77,92)/b27-25+/t47-,48-,49+,50-,51-,52+,53+,54+,55+,56+,61+,62+,63+,64-/m1/s1. The summed E-state index contributed by atoms with van der Waals surface area (Å²) in [5.74, 6) is -13.8. The van der Waals surface area contributed by atoms with E-state index < -0.39 is 192 Å². The van der Waals surface area contributed by atoms with Crippen molar-refractivity contribution in [3.63, 3.8) is 0 Å². The van der Waals surface area contributed by atoms with Crippen molar-refractivity contribution in [3.8, 4) is 0 Å². The van der Waals surface area contributed by atoms with Crippen molar-refractivity contribution in [1.82, 2.24) is 49.4 Å². The van der Waals surface area contributed by atoms with E-state index in [1.807, 2.05) is 41.5 Å². The van der Waals surface area contributed by atoms with E-state index >= 15 is 33.6 Å². The number of rotatable bonds is 19. The molecule has 9 amide bonds. The van der Waals surface area contributed by atoms with Crippen LogP contribution in [0, 0.1) is 59.2 Å². The number of carbonyl (C=O) groups is 12. The zero-order valence-electron chi connectivity index (χ0n) is 64.6. The first-order valence-corrected chi connectivity index (χ1v) is 35.9. The number of hydrogen-bond donors (Lipinski definition) is 2. The van der Waals surface area contributed by atoms with Gasteiger partial charge in [0, 0.05) is 118 Å². The van der Waals surface area contributed by atoms with Crippen molar-refractivity contribution < 1.29 is 80.5 Å². The van der Waals surface area contributed by atoms with Crippen LogP contribution in [0.15, 0.2) is 12.2 Å². The second-order valence-corrected chi connectivity index (χ2v) is 30.5. The van der Waals surface area contributed by atoms with Gasteiger partial charge in [-0.1, -0.05) is 116 Å². The van der Waals surface area contributed by atoms with E-state index in [9.17, 15) is 42.3 Å². The summed E-state index contributed by atoms with van der Waals surface area (Å²) in [4.78, 5) is 189. The Balaban J connectivity index is 3.01. The predicted molar refractivity (Wildman–Crippen MR) is 376 cm³/mol. The zero-order valence-corrected chi connectivity index (χ0v) is 64.6. The molecular formula is C73H125F3N10O14. The molecule has 14 atom stereocenters. The molecule has 2 heterocycles. The summed E-state index contributed by atoms with van der Waals surface area (Å²) < 4.78 is 45.4. The Labute approximate surface area is 594 Å². The number of ketones is 3. The van der Waals surface area contributed by atoms with Crippen molar-refractivity contribution in [1.29, 1.82) is 0 Å². The average Bonchev–Trinajstić information content (AvgIpc) is 0.801. The Kier molecular flexibility index (Phi) is 36.3. The SMILES string of the molecule is C/C=C/C[C@@H](C)[C@@H](O)[C@H]1C(=O)N[C@@H](CC)C(=O)N(C)[C@H](C)C(=O)N(C)[C@@H]([C@H](C)COCC(=O)N2CCN(CC(F)(F)F)CC2)C(=O)C[C@@H](C(C)C)C(=O)N(C)[C@@H](CC(C)C)C(=O)C[C@@H](C)C(=O)C[C@H](C)C(=O)N(C)[C@@H](CC(C)C)C(=O)N(C)[C@@H](CC(C)C)C(=O)N(C)[C@@H](C(C)C)C(=O)N1C. The van der Waals surface area contributed by atoms with Crippen LogP contribution in [-0.4, -0.2) is 276 Å². The molecule has 2 rings (SSSR count). The molecule has 24 nitrogen and oxygen atoms in total. The first kappa shape index (κ1) is 89.7. The lowest BCUT2D eigenvalue weighted by atomic mass is 9.83. The van der Waals surface area contributed by atoms with Crippen molar-refractivity contribution >= 4 is 70.5 Å². The van der Waals surface area contributed by atoms with Gasteiger partial charge in [-0.05, 0) is 81.5 Å². The van der Waals surface area contributed by atoms with Gasteiger partial charge >= 0.3 is 6.18 Å². The van der Waals surface area contributed by atoms with Crippen molar-refractivity contribution in [3.05, 3.63) is 12.2 Å². The number of aliphatic hydroxyl groups excluding tert-OH is 1. The van der Waals surface area contributed by atoms with Crippen LogP contribution >= 0.6 is 0 Å². The van der Waals surface area contributed by atoms with Crippen LogP contribution in [0.5, 0.6) is 0 Å². The molecule has 0 radical (unpaired) electrons. The highest BCUT2D eigenvalue weighted by atomic mass is 19.4. The highest BCUT2D eigenvalue weighted by molar-refractivity contribution is 6.00. The first-order chi connectivity index (χ1) is 46.2. The number of ether oxygens (including phenoxy) is 1. The van der Waals surface area contributed by atoms with Gasteiger partial charge in [0.25, 0.3) is 0 Å². The Morgan fingerprint density at radius 2 is 1.02 bits per heavy atom. The number of halogens is 3. The van der Waals surface area contributed by atoms with Crippen LogP contribution in [0.1, 0.15) is 169 Å². The molecule has 100 heavy (non-hydrogen) atoms. The van der Waals surface area contributed by atoms with Gasteiger partial charge in [0.2, 0.25) is 53.2 Å². The fourth-order valence-corrected chi connectivity index (χ4v) is 13.5. The van der Waals surface area contributed by atoms with E-state index in [-0.39, 0.29) is 95.5 Å². The molecule has 0 unspecified atom stereocenters. The number of amides is 9. The third-order valence-corrected chi connectivity index (χ3v) is 20.0. The average molecular weight is 1420 g/mol. The summed E-state index contributed by atoms with van der Waals surface area (Å²) in [7, 11) is 9.81. The number of allylic oxidation sites excluding steroid dienone is 2. The number of carbonyl (C=O) groups excluding carboxylic acids is 12. The largest absolute Gasteiger partial charge is 0.401 e. The summed E-state index contributed by atoms with van der Waals surface area (Å²) in [6.45, 7) is 27.3. The quantitative estimate of drug-likeness (QED) is 0.135. The summed E-state index contributed by atoms with van der Waals surface area (Å²) in [5.41, 5.74) is 0. The molecule has 2 N–H and O–H groups in total. The van der Waals surface area contributed by atoms with Gasteiger partial charge in [-0.25, -0.2) is 0 Å². The number of likely N-dealkylation sites (N-methyl/N-ethyl adjacent to an activating group) is 7. The summed E-state index contributed by atoms with van der Waals surface area (Å²) in [5, 5.41) is 15.0. The fraction of sp³-hybridized carbons (Fsp3) is 0.808. The van der Waals surface area contributed by atoms with Crippen LogP contribution in [0.25, 0.3) is 0 Å². The molecule has 0 bridgehead atoms. The smallest absolute Gasteiger partial charge is 0.390 e. The second kappa shape index (κ2) is 40.5. The van der Waals surface area contributed by atoms with E-state index in [1.54, 1.807) is 81.4 Å². The van der Waals surface area contributed by atoms with E-state index in [0.29, 0.717) is 0 Å². The molecule has 2 aliphatic heterocycles. The topological polar surface area (TPSA) is 275 Å². The highest BCUT2D eigenvalue weighted by Gasteiger charge is 2.47. The van der Waals surface area contributed by atoms with Crippen molar-refractivity contribution in [2.75, 3.05) is 95.3 Å². The maximum Gasteiger partial charge on any atom is 0.401 e. The Morgan fingerprint density at radius 1 is 0.550 bits per heavy atom. The molecule has 0 aromatic heterocycles. The van der Waals surface area contributed by atoms with Gasteiger partial charge in [-0.15, -0.1) is 0 Å². The second-order valence-electron chi connectivity index (χ2n) is 30.5. The molecule has 0 spiro atoms. The van der Waals surface area contributed by atoms with Crippen molar-refractivity contribution in [2.24, 2.45) is 59.2 Å². The van der Waals surface area contributed by atoms with Gasteiger partial charge in [0.15, 0.2) is 11.6 Å². The minimum atomic E-state index is -4.42. The number of Topliss-reactive ketones (excluding diaryl/α,β-unsaturated/α-hetero) is 3. The lowest BCUT2D eigenvalue weighted by molar-refractivity contribution is -0.157. The first-order valence-electron chi connectivity index (χ1n) is 35.9. The molecule has 572 valence electrons. The van der Waals surface area contributed by atoms with Crippen molar-refractivity contribution in [2.45, 2.75) is 230 Å². The molecule has 2 fully saturated rings. The summed E-state index contributed by atoms with van der Waals surface area (Å²) in [6, 6.07) is -10.5. The van der Waals surface area contributed by atoms with Crippen LogP contribution < -0.4 is 5.32 Å². The van der Waals surface area contributed by atoms with Gasteiger partial charge < -0.3 is 54.4 Å². The molecule has 2 aliphatic rings. The number of alkyl halides is 3. The zero-order chi connectivity index (χ0) is 77.0. The monoisotopic (exact) mass is 1420 g/mol. The highest BCUT2D eigenvalue weighted by Crippen LogP contribution is 2.30. The van der Waals surface area contributed by atoms with Gasteiger partial charge in [-0.2, -0.15) is 13.2 Å². The van der Waals surface area contributed by atoms with Crippen LogP contribution in [0.4, 0.5) is 13.2 Å². The third kappa shape index (κ3) is 25.3. The predicted octanol–water partition coefficient (Wildman–Crippen LogP) is 6.24. The summed E-state index contributed by atoms with van der Waals surface area (Å²) >= 11 is 0. The fourth-order valence-electron chi connectivity index (χ4n) is 13.5. The Morgan fingerprint density at radius 3 is 1.50 bits per heavy atom. The minimum Gasteiger partial charge on any atom is -0.390 e. The number of nitrogens with zero attached hydrogens (tertiary/aromatic N) is 9. The molecule has 0 saturated carbocycles. The molecule has 0 aromatic rings. The molecular weight excluding hydrogens is 1300 g/mol. The van der Waals surface area contributed by atoms with Gasteiger partial charge in [-0.3, -0.25) is 62.4 Å².